The van der Waals surface area contributed by atoms with Crippen LogP contribution in [0.4, 0.5) is 0 Å². The molecular formula is C14H18O4S4. The van der Waals surface area contributed by atoms with E-state index in [0.29, 0.717) is 5.56 Å². The monoisotopic (exact) mass is 378 g/mol. The molecule has 0 spiro atoms. The van der Waals surface area contributed by atoms with Gasteiger partial charge in [0.15, 0.2) is 19.7 Å². The molecule has 1 aromatic rings. The van der Waals surface area contributed by atoms with Crippen LogP contribution in [0.1, 0.15) is 5.56 Å². The Hall–Kier alpha value is -0.700. The fraction of sp³-hybridized carbons (Fsp3) is 0.286. The van der Waals surface area contributed by atoms with E-state index in [-0.39, 0.29) is 16.4 Å². The van der Waals surface area contributed by atoms with Crippen LogP contribution in [0, 0.1) is 0 Å². The lowest BCUT2D eigenvalue weighted by Crippen LogP contribution is -2.07. The third-order valence-electron chi connectivity index (χ3n) is 2.49. The van der Waals surface area contributed by atoms with Gasteiger partial charge in [0.2, 0.25) is 0 Å². The van der Waals surface area contributed by atoms with Gasteiger partial charge in [0, 0.05) is 12.0 Å². The molecule has 0 fully saturated rings. The summed E-state index contributed by atoms with van der Waals surface area (Å²) in [6.07, 6.45) is 4.51. The molecule has 8 heteroatoms. The Morgan fingerprint density at radius 2 is 1.77 bits per heavy atom. The van der Waals surface area contributed by atoms with Crippen LogP contribution in [-0.4, -0.2) is 34.6 Å². The number of hydrogen-bond donors (Lipinski definition) is 0. The summed E-state index contributed by atoms with van der Waals surface area (Å²) >= 11 is 0. The van der Waals surface area contributed by atoms with Crippen molar-refractivity contribution < 1.29 is 16.8 Å². The molecule has 1 rings (SSSR count). The van der Waals surface area contributed by atoms with Gasteiger partial charge in [-0.1, -0.05) is 45.9 Å². The second kappa shape index (κ2) is 8.81. The molecule has 0 aromatic heterocycles. The highest BCUT2D eigenvalue weighted by Crippen LogP contribution is 2.22. The van der Waals surface area contributed by atoms with Crippen LogP contribution in [0.3, 0.4) is 0 Å². The third kappa shape index (κ3) is 7.53. The Bertz CT molecular complexity index is 717. The zero-order valence-corrected chi connectivity index (χ0v) is 15.4. The summed E-state index contributed by atoms with van der Waals surface area (Å²) in [6, 6.07) is 5.92. The first kappa shape index (κ1) is 19.3. The molecule has 0 heterocycles. The molecule has 0 bridgehead atoms. The predicted octanol–water partition coefficient (Wildman–Crippen LogP) is 3.09. The average Bonchev–Trinajstić information content (AvgIpc) is 2.42. The van der Waals surface area contributed by atoms with E-state index in [0.717, 1.165) is 12.0 Å². The molecule has 1 aromatic carbocycles. The maximum absolute atomic E-state index is 12.0. The van der Waals surface area contributed by atoms with E-state index >= 15 is 0 Å². The predicted molar refractivity (Wildman–Crippen MR) is 96.4 cm³/mol. The molecule has 0 aliphatic carbocycles. The normalized spacial score (nSPS) is 12.6. The minimum Gasteiger partial charge on any atom is -0.228 e. The summed E-state index contributed by atoms with van der Waals surface area (Å²) in [4.78, 5) is 0.184. The molecule has 122 valence electrons. The largest absolute Gasteiger partial charge is 0.228 e. The fourth-order valence-corrected chi connectivity index (χ4v) is 4.88. The zero-order chi connectivity index (χ0) is 16.6. The van der Waals surface area contributed by atoms with Crippen molar-refractivity contribution in [2.24, 2.45) is 0 Å². The first-order valence-electron chi connectivity index (χ1n) is 6.28. The van der Waals surface area contributed by atoms with Gasteiger partial charge < -0.3 is 0 Å². The molecule has 0 radical (unpaired) electrons. The van der Waals surface area contributed by atoms with Crippen molar-refractivity contribution in [3.8, 4) is 0 Å². The van der Waals surface area contributed by atoms with Crippen LogP contribution >= 0.6 is 21.6 Å². The van der Waals surface area contributed by atoms with Gasteiger partial charge in [0.1, 0.15) is 0 Å². The summed E-state index contributed by atoms with van der Waals surface area (Å²) in [6.45, 7) is 3.59. The lowest BCUT2D eigenvalue weighted by Gasteiger charge is -2.03. The second-order valence-corrected chi connectivity index (χ2v) is 11.0. The molecule has 4 nitrogen and oxygen atoms in total. The highest BCUT2D eigenvalue weighted by Gasteiger charge is 2.11. The zero-order valence-electron chi connectivity index (χ0n) is 12.1. The number of sulfone groups is 2. The molecule has 0 amide bonds. The van der Waals surface area contributed by atoms with Crippen molar-refractivity contribution in [2.75, 3.05) is 17.8 Å². The minimum atomic E-state index is -3.26. The Kier molecular flexibility index (Phi) is 7.75. The van der Waals surface area contributed by atoms with Crippen LogP contribution in [0.15, 0.2) is 53.3 Å². The van der Waals surface area contributed by atoms with E-state index < -0.39 is 19.7 Å². The molecule has 0 saturated carbocycles. The molecule has 0 atom stereocenters. The highest BCUT2D eigenvalue weighted by atomic mass is 33.1. The molecular weight excluding hydrogens is 360 g/mol. The van der Waals surface area contributed by atoms with Crippen LogP contribution in [0.2, 0.25) is 0 Å². The molecule has 0 N–H and O–H groups in total. The van der Waals surface area contributed by atoms with Gasteiger partial charge in [-0.2, -0.15) is 0 Å². The van der Waals surface area contributed by atoms with E-state index in [9.17, 15) is 16.8 Å². The second-order valence-electron chi connectivity index (χ2n) is 4.51. The van der Waals surface area contributed by atoms with E-state index in [1.165, 1.54) is 35.1 Å². The van der Waals surface area contributed by atoms with Crippen LogP contribution in [-0.2, 0) is 25.4 Å². The Labute approximate surface area is 140 Å². The molecule has 22 heavy (non-hydrogen) atoms. The lowest BCUT2D eigenvalue weighted by atomic mass is 10.2. The topological polar surface area (TPSA) is 68.3 Å². The Morgan fingerprint density at radius 3 is 2.32 bits per heavy atom. The molecule has 0 saturated heterocycles. The van der Waals surface area contributed by atoms with E-state index in [4.69, 9.17) is 0 Å². The van der Waals surface area contributed by atoms with Gasteiger partial charge in [0.05, 0.1) is 16.4 Å². The lowest BCUT2D eigenvalue weighted by molar-refractivity contribution is 0.598. The molecule has 0 aliphatic rings. The fourth-order valence-electron chi connectivity index (χ4n) is 1.50. The van der Waals surface area contributed by atoms with Crippen LogP contribution in [0.5, 0.6) is 0 Å². The van der Waals surface area contributed by atoms with Crippen molar-refractivity contribution in [1.82, 2.24) is 0 Å². The Balaban J connectivity index is 2.59. The minimum absolute atomic E-state index is 0.0392. The average molecular weight is 379 g/mol. The van der Waals surface area contributed by atoms with Crippen molar-refractivity contribution in [3.63, 3.8) is 0 Å². The van der Waals surface area contributed by atoms with Gasteiger partial charge in [0.25, 0.3) is 0 Å². The number of rotatable bonds is 9. The van der Waals surface area contributed by atoms with Crippen molar-refractivity contribution in [1.29, 1.82) is 0 Å². The van der Waals surface area contributed by atoms with Crippen molar-refractivity contribution >= 4 is 41.3 Å². The SMILES string of the molecule is C=CCSSC=CCS(=O)(=O)Cc1ccc(S(C)(=O)=O)cc1. The summed E-state index contributed by atoms with van der Waals surface area (Å²) < 4.78 is 46.6. The number of benzene rings is 1. The van der Waals surface area contributed by atoms with Crippen LogP contribution in [0.25, 0.3) is 0 Å². The van der Waals surface area contributed by atoms with Gasteiger partial charge in [-0.05, 0) is 23.1 Å². The standard InChI is InChI=1S/C14H18O4S4/c1-3-9-19-20-10-4-11-22(17,18)12-13-5-7-14(8-6-13)21(2,15)16/h3-8,10H,1,9,11-12H2,2H3. The van der Waals surface area contributed by atoms with Gasteiger partial charge >= 0.3 is 0 Å². The molecule has 0 aliphatic heterocycles. The molecule has 0 unspecified atom stereocenters. The highest BCUT2D eigenvalue weighted by molar-refractivity contribution is 8.77. The first-order valence-corrected chi connectivity index (χ1v) is 12.4. The first-order chi connectivity index (χ1) is 10.2. The quantitative estimate of drug-likeness (QED) is 0.374. The Morgan fingerprint density at radius 1 is 1.14 bits per heavy atom. The third-order valence-corrected chi connectivity index (χ3v) is 7.06. The maximum atomic E-state index is 12.0. The van der Waals surface area contributed by atoms with Crippen molar-refractivity contribution in [2.45, 2.75) is 10.6 Å². The maximum Gasteiger partial charge on any atom is 0.175 e. The van der Waals surface area contributed by atoms with E-state index in [2.05, 4.69) is 6.58 Å². The van der Waals surface area contributed by atoms with Gasteiger partial charge in [-0.25, -0.2) is 16.8 Å². The number of hydrogen-bond acceptors (Lipinski definition) is 6. The summed E-state index contributed by atoms with van der Waals surface area (Å²) in [5, 5.41) is 1.75. The van der Waals surface area contributed by atoms with Crippen molar-refractivity contribution in [3.05, 3.63) is 54.0 Å². The van der Waals surface area contributed by atoms with Gasteiger partial charge in [-0.15, -0.1) is 6.58 Å². The van der Waals surface area contributed by atoms with E-state index in [1.807, 2.05) is 0 Å². The van der Waals surface area contributed by atoms with E-state index in [1.54, 1.807) is 28.4 Å². The smallest absolute Gasteiger partial charge is 0.175 e. The van der Waals surface area contributed by atoms with Gasteiger partial charge in [-0.3, -0.25) is 0 Å². The summed E-state index contributed by atoms with van der Waals surface area (Å²) in [7, 11) is -3.48. The van der Waals surface area contributed by atoms with Crippen LogP contribution < -0.4 is 0 Å². The summed E-state index contributed by atoms with van der Waals surface area (Å²) in [5.74, 6) is 0.656. The summed E-state index contributed by atoms with van der Waals surface area (Å²) in [5.41, 5.74) is 0.578.